The molecule has 0 saturated carbocycles. The van der Waals surface area contributed by atoms with E-state index < -0.39 is 0 Å². The molecule has 0 bridgehead atoms. The lowest BCUT2D eigenvalue weighted by atomic mass is 10.0. The lowest BCUT2D eigenvalue weighted by Crippen LogP contribution is -2.35. The van der Waals surface area contributed by atoms with Crippen molar-refractivity contribution in [1.29, 1.82) is 0 Å². The predicted octanol–water partition coefficient (Wildman–Crippen LogP) is 2.46. The van der Waals surface area contributed by atoms with Gasteiger partial charge in [-0.2, -0.15) is 0 Å². The average molecular weight is 354 g/mol. The molecule has 0 fully saturated rings. The van der Waals surface area contributed by atoms with Crippen molar-refractivity contribution in [2.75, 3.05) is 20.3 Å². The van der Waals surface area contributed by atoms with Crippen LogP contribution in [-0.2, 0) is 4.79 Å². The highest BCUT2D eigenvalue weighted by molar-refractivity contribution is 5.97. The average Bonchev–Trinajstić information content (AvgIpc) is 2.68. The van der Waals surface area contributed by atoms with E-state index in [4.69, 9.17) is 9.47 Å². The standard InChI is InChI=1S/C20H22N2O4/c1-25-17-8-4-3-7-15(17)20(24)21-12-10-19(23)22-16-11-13-26-18-9-5-2-6-14(16)18/h2-9,16H,10-13H2,1H3,(H,21,24)(H,22,23). The van der Waals surface area contributed by atoms with E-state index in [2.05, 4.69) is 10.6 Å². The first-order chi connectivity index (χ1) is 12.7. The lowest BCUT2D eigenvalue weighted by molar-refractivity contribution is -0.121. The van der Waals surface area contributed by atoms with Crippen molar-refractivity contribution in [2.24, 2.45) is 0 Å². The van der Waals surface area contributed by atoms with Crippen molar-refractivity contribution in [3.8, 4) is 11.5 Å². The smallest absolute Gasteiger partial charge is 0.255 e. The van der Waals surface area contributed by atoms with Gasteiger partial charge in [-0.3, -0.25) is 9.59 Å². The van der Waals surface area contributed by atoms with Crippen LogP contribution in [0.5, 0.6) is 11.5 Å². The van der Waals surface area contributed by atoms with Crippen molar-refractivity contribution in [3.63, 3.8) is 0 Å². The Labute approximate surface area is 152 Å². The maximum Gasteiger partial charge on any atom is 0.255 e. The maximum absolute atomic E-state index is 12.2. The van der Waals surface area contributed by atoms with Gasteiger partial charge in [0.25, 0.3) is 5.91 Å². The third-order valence-electron chi connectivity index (χ3n) is 4.28. The topological polar surface area (TPSA) is 76.7 Å². The van der Waals surface area contributed by atoms with Crippen LogP contribution in [0.4, 0.5) is 0 Å². The maximum atomic E-state index is 12.2. The molecule has 0 spiro atoms. The normalized spacial score (nSPS) is 15.3. The minimum atomic E-state index is -0.258. The van der Waals surface area contributed by atoms with E-state index in [1.165, 1.54) is 7.11 Å². The van der Waals surface area contributed by atoms with Crippen LogP contribution >= 0.6 is 0 Å². The van der Waals surface area contributed by atoms with Crippen molar-refractivity contribution < 1.29 is 19.1 Å². The van der Waals surface area contributed by atoms with Gasteiger partial charge in [-0.1, -0.05) is 30.3 Å². The molecule has 26 heavy (non-hydrogen) atoms. The highest BCUT2D eigenvalue weighted by Crippen LogP contribution is 2.31. The van der Waals surface area contributed by atoms with Crippen molar-refractivity contribution in [3.05, 3.63) is 59.7 Å². The molecule has 1 heterocycles. The fourth-order valence-electron chi connectivity index (χ4n) is 2.98. The number of fused-ring (bicyclic) bond motifs is 1. The van der Waals surface area contributed by atoms with Gasteiger partial charge in [0.05, 0.1) is 25.3 Å². The number of carbonyl (C=O) groups excluding carboxylic acids is 2. The molecule has 1 aliphatic rings. The molecule has 0 aromatic heterocycles. The summed E-state index contributed by atoms with van der Waals surface area (Å²) in [4.78, 5) is 24.5. The minimum absolute atomic E-state index is 0.0580. The van der Waals surface area contributed by atoms with E-state index in [1.807, 2.05) is 24.3 Å². The SMILES string of the molecule is COc1ccccc1C(=O)NCCC(=O)NC1CCOc2ccccc21. The van der Waals surface area contributed by atoms with Crippen LogP contribution in [-0.4, -0.2) is 32.1 Å². The molecule has 1 atom stereocenters. The minimum Gasteiger partial charge on any atom is -0.496 e. The van der Waals surface area contributed by atoms with E-state index in [1.54, 1.807) is 24.3 Å². The van der Waals surface area contributed by atoms with E-state index in [0.29, 0.717) is 17.9 Å². The second-order valence-electron chi connectivity index (χ2n) is 6.00. The Kier molecular flexibility index (Phi) is 5.73. The molecule has 3 rings (SSSR count). The van der Waals surface area contributed by atoms with Crippen LogP contribution in [0, 0.1) is 0 Å². The van der Waals surface area contributed by atoms with Crippen molar-refractivity contribution >= 4 is 11.8 Å². The number of amides is 2. The van der Waals surface area contributed by atoms with E-state index in [0.717, 1.165) is 17.7 Å². The Morgan fingerprint density at radius 2 is 1.92 bits per heavy atom. The van der Waals surface area contributed by atoms with Crippen LogP contribution in [0.25, 0.3) is 0 Å². The number of para-hydroxylation sites is 2. The first-order valence-electron chi connectivity index (χ1n) is 8.61. The van der Waals surface area contributed by atoms with Gasteiger partial charge in [-0.15, -0.1) is 0 Å². The Balaban J connectivity index is 1.50. The van der Waals surface area contributed by atoms with Gasteiger partial charge < -0.3 is 20.1 Å². The van der Waals surface area contributed by atoms with Gasteiger partial charge in [0, 0.05) is 24.9 Å². The number of benzene rings is 2. The fraction of sp³-hybridized carbons (Fsp3) is 0.300. The number of hydrogen-bond donors (Lipinski definition) is 2. The first kappa shape index (κ1) is 17.8. The molecule has 2 amide bonds. The molecule has 1 unspecified atom stereocenters. The zero-order valence-corrected chi connectivity index (χ0v) is 14.7. The molecule has 136 valence electrons. The monoisotopic (exact) mass is 354 g/mol. The number of carbonyl (C=O) groups is 2. The number of methoxy groups -OCH3 is 1. The predicted molar refractivity (Wildman–Crippen MR) is 97.4 cm³/mol. The van der Waals surface area contributed by atoms with Gasteiger partial charge in [-0.25, -0.2) is 0 Å². The summed E-state index contributed by atoms with van der Waals surface area (Å²) in [6.45, 7) is 0.833. The molecular weight excluding hydrogens is 332 g/mol. The summed E-state index contributed by atoms with van der Waals surface area (Å²) in [6.07, 6.45) is 0.941. The number of hydrogen-bond acceptors (Lipinski definition) is 4. The zero-order chi connectivity index (χ0) is 18.4. The zero-order valence-electron chi connectivity index (χ0n) is 14.7. The van der Waals surface area contributed by atoms with E-state index >= 15 is 0 Å². The van der Waals surface area contributed by atoms with Gasteiger partial charge in [0.1, 0.15) is 11.5 Å². The summed E-state index contributed by atoms with van der Waals surface area (Å²) in [5.74, 6) is 0.959. The number of rotatable bonds is 6. The van der Waals surface area contributed by atoms with Crippen LogP contribution in [0.15, 0.2) is 48.5 Å². The Bertz CT molecular complexity index is 791. The molecule has 2 aromatic rings. The molecule has 0 saturated heterocycles. The molecule has 2 N–H and O–H groups in total. The third kappa shape index (κ3) is 4.14. The number of ether oxygens (including phenoxy) is 2. The summed E-state index contributed by atoms with van der Waals surface area (Å²) in [6, 6.07) is 14.6. The second kappa shape index (κ2) is 8.38. The van der Waals surface area contributed by atoms with Crippen LogP contribution in [0.3, 0.4) is 0 Å². The summed E-state index contributed by atoms with van der Waals surface area (Å²) in [5, 5.41) is 5.77. The summed E-state index contributed by atoms with van der Waals surface area (Å²) >= 11 is 0. The van der Waals surface area contributed by atoms with Gasteiger partial charge in [0.15, 0.2) is 0 Å². The van der Waals surface area contributed by atoms with E-state index in [-0.39, 0.29) is 30.8 Å². The van der Waals surface area contributed by atoms with Crippen LogP contribution < -0.4 is 20.1 Å². The molecule has 6 heteroatoms. The highest BCUT2D eigenvalue weighted by Gasteiger charge is 2.22. The lowest BCUT2D eigenvalue weighted by Gasteiger charge is -2.26. The van der Waals surface area contributed by atoms with Crippen LogP contribution in [0.1, 0.15) is 34.8 Å². The van der Waals surface area contributed by atoms with E-state index in [9.17, 15) is 9.59 Å². The third-order valence-corrected chi connectivity index (χ3v) is 4.28. The van der Waals surface area contributed by atoms with Gasteiger partial charge >= 0.3 is 0 Å². The quantitative estimate of drug-likeness (QED) is 0.835. The van der Waals surface area contributed by atoms with Crippen molar-refractivity contribution in [1.82, 2.24) is 10.6 Å². The molecule has 0 aliphatic carbocycles. The largest absolute Gasteiger partial charge is 0.496 e. The Hall–Kier alpha value is -3.02. The second-order valence-corrected chi connectivity index (χ2v) is 6.00. The summed E-state index contributed by atoms with van der Waals surface area (Å²) in [5.41, 5.74) is 1.44. The molecule has 6 nitrogen and oxygen atoms in total. The molecule has 2 aromatic carbocycles. The van der Waals surface area contributed by atoms with Gasteiger partial charge in [0.2, 0.25) is 5.91 Å². The fourth-order valence-corrected chi connectivity index (χ4v) is 2.98. The molecule has 0 radical (unpaired) electrons. The Morgan fingerprint density at radius 1 is 1.15 bits per heavy atom. The molecule has 1 aliphatic heterocycles. The first-order valence-corrected chi connectivity index (χ1v) is 8.61. The van der Waals surface area contributed by atoms with Crippen molar-refractivity contribution in [2.45, 2.75) is 18.9 Å². The van der Waals surface area contributed by atoms with Gasteiger partial charge in [-0.05, 0) is 18.2 Å². The highest BCUT2D eigenvalue weighted by atomic mass is 16.5. The number of nitrogens with one attached hydrogen (secondary N) is 2. The summed E-state index contributed by atoms with van der Waals surface area (Å²) < 4.78 is 10.8. The molecular formula is C20H22N2O4. The summed E-state index contributed by atoms with van der Waals surface area (Å²) in [7, 11) is 1.52. The Morgan fingerprint density at radius 3 is 2.77 bits per heavy atom. The van der Waals surface area contributed by atoms with Crippen LogP contribution in [0.2, 0.25) is 0 Å².